The number of aromatic nitrogens is 4. The van der Waals surface area contributed by atoms with Gasteiger partial charge in [0.2, 0.25) is 10.0 Å². The van der Waals surface area contributed by atoms with E-state index in [2.05, 4.69) is 29.4 Å². The number of hydrogen-bond donors (Lipinski definition) is 0. The molecule has 0 spiro atoms. The summed E-state index contributed by atoms with van der Waals surface area (Å²) in [5.41, 5.74) is 1.59. The van der Waals surface area contributed by atoms with E-state index >= 15 is 0 Å². The molecule has 0 amide bonds. The lowest BCUT2D eigenvalue weighted by molar-refractivity contribution is 0.222. The van der Waals surface area contributed by atoms with Crippen LogP contribution in [0.25, 0.3) is 5.69 Å². The molecule has 23 heavy (non-hydrogen) atoms. The van der Waals surface area contributed by atoms with Gasteiger partial charge in [-0.2, -0.15) is 4.31 Å². The number of hydrogen-bond acceptors (Lipinski definition) is 5. The predicted molar refractivity (Wildman–Crippen MR) is 85.6 cm³/mol. The lowest BCUT2D eigenvalue weighted by Gasteiger charge is -2.34. The Labute approximate surface area is 136 Å². The van der Waals surface area contributed by atoms with Crippen LogP contribution in [-0.4, -0.2) is 46.0 Å². The van der Waals surface area contributed by atoms with Crippen molar-refractivity contribution in [2.24, 2.45) is 11.8 Å². The fraction of sp³-hybridized carbons (Fsp3) is 0.533. The highest BCUT2D eigenvalue weighted by atomic mass is 32.2. The van der Waals surface area contributed by atoms with Crippen LogP contribution in [0.3, 0.4) is 0 Å². The van der Waals surface area contributed by atoms with Crippen LogP contribution in [0.2, 0.25) is 0 Å². The molecule has 0 N–H and O–H groups in total. The van der Waals surface area contributed by atoms with Crippen molar-refractivity contribution >= 4 is 10.0 Å². The van der Waals surface area contributed by atoms with Crippen molar-refractivity contribution in [1.29, 1.82) is 0 Å². The molecule has 1 aliphatic rings. The summed E-state index contributed by atoms with van der Waals surface area (Å²) in [5, 5.41) is 11.1. The average molecular weight is 335 g/mol. The van der Waals surface area contributed by atoms with Gasteiger partial charge in [-0.15, -0.1) is 5.10 Å². The Balaban J connectivity index is 1.93. The summed E-state index contributed by atoms with van der Waals surface area (Å²) >= 11 is 0. The predicted octanol–water partition coefficient (Wildman–Crippen LogP) is 1.64. The third kappa shape index (κ3) is 3.13. The molecule has 7 nitrogen and oxygen atoms in total. The molecule has 0 saturated carbocycles. The summed E-state index contributed by atoms with van der Waals surface area (Å²) in [6, 6.07) is 5.06. The zero-order valence-corrected chi connectivity index (χ0v) is 14.4. The van der Waals surface area contributed by atoms with E-state index in [-0.39, 0.29) is 0 Å². The maximum Gasteiger partial charge on any atom is 0.243 e. The SMILES string of the molecule is Cc1cc(S(=O)(=O)N2C[C@@H](C)C[C@H](C)C2)ccc1-n1cnnn1. The third-order valence-electron chi connectivity index (χ3n) is 4.24. The van der Waals surface area contributed by atoms with E-state index in [1.807, 2.05) is 6.92 Å². The first-order valence-corrected chi connectivity index (χ1v) is 9.16. The molecule has 0 radical (unpaired) electrons. The van der Waals surface area contributed by atoms with Crippen LogP contribution in [0.1, 0.15) is 25.8 Å². The van der Waals surface area contributed by atoms with Gasteiger partial charge in [-0.3, -0.25) is 0 Å². The summed E-state index contributed by atoms with van der Waals surface area (Å²) < 4.78 is 28.9. The molecule has 1 saturated heterocycles. The molecular weight excluding hydrogens is 314 g/mol. The maximum atomic E-state index is 12.9. The van der Waals surface area contributed by atoms with Crippen LogP contribution in [0.4, 0.5) is 0 Å². The summed E-state index contributed by atoms with van der Waals surface area (Å²) in [6.07, 6.45) is 2.56. The Kier molecular flexibility index (Phi) is 4.20. The van der Waals surface area contributed by atoms with Crippen molar-refractivity contribution in [2.75, 3.05) is 13.1 Å². The Morgan fingerprint density at radius 3 is 2.43 bits per heavy atom. The van der Waals surface area contributed by atoms with Gasteiger partial charge in [0.15, 0.2) is 0 Å². The van der Waals surface area contributed by atoms with E-state index in [1.165, 1.54) is 11.0 Å². The van der Waals surface area contributed by atoms with Gasteiger partial charge in [-0.05, 0) is 59.4 Å². The number of nitrogens with zero attached hydrogens (tertiary/aromatic N) is 5. The molecule has 2 heterocycles. The lowest BCUT2D eigenvalue weighted by Crippen LogP contribution is -2.42. The van der Waals surface area contributed by atoms with E-state index in [0.717, 1.165) is 17.7 Å². The molecule has 8 heteroatoms. The number of benzene rings is 1. The second-order valence-electron chi connectivity index (χ2n) is 6.47. The zero-order valence-electron chi connectivity index (χ0n) is 13.5. The summed E-state index contributed by atoms with van der Waals surface area (Å²) in [4.78, 5) is 0.327. The highest BCUT2D eigenvalue weighted by Gasteiger charge is 2.31. The van der Waals surface area contributed by atoms with Crippen LogP contribution in [0.15, 0.2) is 29.4 Å². The molecule has 1 aromatic carbocycles. The van der Waals surface area contributed by atoms with Crippen molar-refractivity contribution in [3.05, 3.63) is 30.1 Å². The molecule has 1 aliphatic heterocycles. The minimum Gasteiger partial charge on any atom is -0.207 e. The van der Waals surface area contributed by atoms with Gasteiger partial charge in [0, 0.05) is 13.1 Å². The largest absolute Gasteiger partial charge is 0.243 e. The number of rotatable bonds is 3. The van der Waals surface area contributed by atoms with Gasteiger partial charge in [-0.25, -0.2) is 13.1 Å². The Morgan fingerprint density at radius 1 is 1.17 bits per heavy atom. The standard InChI is InChI=1S/C15H21N5O2S/c1-11-6-12(2)9-19(8-11)23(21,22)14-4-5-15(13(3)7-14)20-10-16-17-18-20/h4-5,7,10-12H,6,8-9H2,1-3H3/t11-,12-/m0/s1. The second-order valence-corrected chi connectivity index (χ2v) is 8.41. The minimum atomic E-state index is -3.46. The lowest BCUT2D eigenvalue weighted by atomic mass is 9.94. The van der Waals surface area contributed by atoms with Crippen molar-refractivity contribution in [2.45, 2.75) is 32.1 Å². The number of piperidine rings is 1. The smallest absolute Gasteiger partial charge is 0.207 e. The van der Waals surface area contributed by atoms with Gasteiger partial charge in [0.25, 0.3) is 0 Å². The van der Waals surface area contributed by atoms with Crippen molar-refractivity contribution in [1.82, 2.24) is 24.5 Å². The molecule has 0 unspecified atom stereocenters. The van der Waals surface area contributed by atoms with Crippen molar-refractivity contribution < 1.29 is 8.42 Å². The van der Waals surface area contributed by atoms with E-state index in [4.69, 9.17) is 0 Å². The van der Waals surface area contributed by atoms with Crippen LogP contribution < -0.4 is 0 Å². The molecule has 1 fully saturated rings. The molecule has 2 atom stereocenters. The molecule has 0 bridgehead atoms. The average Bonchev–Trinajstić information content (AvgIpc) is 3.00. The molecule has 3 rings (SSSR count). The van der Waals surface area contributed by atoms with E-state index in [9.17, 15) is 8.42 Å². The van der Waals surface area contributed by atoms with Gasteiger partial charge in [-0.1, -0.05) is 13.8 Å². The van der Waals surface area contributed by atoms with E-state index in [0.29, 0.717) is 29.8 Å². The normalized spacial score (nSPS) is 23.1. The van der Waals surface area contributed by atoms with Crippen molar-refractivity contribution in [3.8, 4) is 5.69 Å². The Hall–Kier alpha value is -1.80. The quantitative estimate of drug-likeness (QED) is 0.852. The molecule has 2 aromatic rings. The topological polar surface area (TPSA) is 81.0 Å². The molecule has 0 aliphatic carbocycles. The van der Waals surface area contributed by atoms with Crippen molar-refractivity contribution in [3.63, 3.8) is 0 Å². The molecular formula is C15H21N5O2S. The summed E-state index contributed by atoms with van der Waals surface area (Å²) in [6.45, 7) is 7.23. The highest BCUT2D eigenvalue weighted by Crippen LogP contribution is 2.27. The third-order valence-corrected chi connectivity index (χ3v) is 6.06. The second kappa shape index (κ2) is 6.01. The summed E-state index contributed by atoms with van der Waals surface area (Å²) in [5.74, 6) is 0.769. The Morgan fingerprint density at radius 2 is 1.87 bits per heavy atom. The fourth-order valence-electron chi connectivity index (χ4n) is 3.27. The monoisotopic (exact) mass is 335 g/mol. The minimum absolute atomic E-state index is 0.327. The summed E-state index contributed by atoms with van der Waals surface area (Å²) in [7, 11) is -3.46. The van der Waals surface area contributed by atoms with E-state index in [1.54, 1.807) is 22.5 Å². The van der Waals surface area contributed by atoms with Crippen LogP contribution >= 0.6 is 0 Å². The van der Waals surface area contributed by atoms with Gasteiger partial charge >= 0.3 is 0 Å². The molecule has 1 aromatic heterocycles. The first kappa shape index (κ1) is 16.1. The highest BCUT2D eigenvalue weighted by molar-refractivity contribution is 7.89. The number of aryl methyl sites for hydroxylation is 1. The Bertz CT molecular complexity index is 778. The van der Waals surface area contributed by atoms with Gasteiger partial charge < -0.3 is 0 Å². The maximum absolute atomic E-state index is 12.9. The van der Waals surface area contributed by atoms with Crippen LogP contribution in [0, 0.1) is 18.8 Å². The zero-order chi connectivity index (χ0) is 16.6. The molecule has 124 valence electrons. The first-order chi connectivity index (χ1) is 10.9. The fourth-order valence-corrected chi connectivity index (χ4v) is 5.03. The van der Waals surface area contributed by atoms with Gasteiger partial charge in [0.05, 0.1) is 10.6 Å². The van der Waals surface area contributed by atoms with Gasteiger partial charge in [0.1, 0.15) is 6.33 Å². The number of sulfonamides is 1. The van der Waals surface area contributed by atoms with E-state index < -0.39 is 10.0 Å². The number of tetrazole rings is 1. The van der Waals surface area contributed by atoms with Crippen LogP contribution in [0.5, 0.6) is 0 Å². The van der Waals surface area contributed by atoms with Crippen LogP contribution in [-0.2, 0) is 10.0 Å². The first-order valence-electron chi connectivity index (χ1n) is 7.72.